The Morgan fingerprint density at radius 3 is 2.58 bits per heavy atom. The van der Waals surface area contributed by atoms with E-state index in [9.17, 15) is 10.1 Å². The van der Waals surface area contributed by atoms with Gasteiger partial charge in [0.1, 0.15) is 18.2 Å². The molecule has 0 radical (unpaired) electrons. The first-order chi connectivity index (χ1) is 18.3. The first-order valence-corrected chi connectivity index (χ1v) is 13.0. The van der Waals surface area contributed by atoms with Crippen LogP contribution >= 0.6 is 15.9 Å². The smallest absolute Gasteiger partial charge is 0.282 e. The standard InChI is InChI=1S/C31H25BrN4O2/c1-31(2,3)30-35-27-14-13-23(32)16-25(27)29(37)36(30)34-18-26-24-11-7-6-8-20(24)12-15-28(26)38-19-22-10-5-4-9-21(22)17-33/h4-16,18H,19H2,1-3H3. The molecule has 0 saturated carbocycles. The number of hydrogen-bond donors (Lipinski definition) is 0. The molecule has 0 saturated heterocycles. The highest BCUT2D eigenvalue weighted by molar-refractivity contribution is 9.10. The highest BCUT2D eigenvalue weighted by Gasteiger charge is 2.23. The Balaban J connectivity index is 1.65. The summed E-state index contributed by atoms with van der Waals surface area (Å²) < 4.78 is 8.40. The van der Waals surface area contributed by atoms with Crippen molar-refractivity contribution < 1.29 is 4.74 Å². The Bertz CT molecular complexity index is 1810. The maximum absolute atomic E-state index is 13.6. The fourth-order valence-corrected chi connectivity index (χ4v) is 4.66. The number of hydrogen-bond acceptors (Lipinski definition) is 5. The normalized spacial score (nSPS) is 11.8. The summed E-state index contributed by atoms with van der Waals surface area (Å²) in [6, 6.07) is 26.9. The van der Waals surface area contributed by atoms with Gasteiger partial charge in [0.05, 0.1) is 28.8 Å². The SMILES string of the molecule is CC(C)(C)c1nc2ccc(Br)cc2c(=O)n1N=Cc1c(OCc2ccccc2C#N)ccc2ccccc12. The molecule has 4 aromatic carbocycles. The molecule has 5 rings (SSSR count). The van der Waals surface area contributed by atoms with Gasteiger partial charge in [-0.15, -0.1) is 0 Å². The molecule has 6 nitrogen and oxygen atoms in total. The van der Waals surface area contributed by atoms with E-state index in [2.05, 4.69) is 22.0 Å². The Morgan fingerprint density at radius 1 is 1.03 bits per heavy atom. The zero-order valence-electron chi connectivity index (χ0n) is 21.3. The molecule has 0 unspecified atom stereocenters. The van der Waals surface area contributed by atoms with E-state index in [1.807, 2.05) is 87.5 Å². The van der Waals surface area contributed by atoms with E-state index in [0.717, 1.165) is 26.4 Å². The molecule has 5 aromatic rings. The number of nitrogens with zero attached hydrogens (tertiary/aromatic N) is 4. The average molecular weight is 565 g/mol. The fourth-order valence-electron chi connectivity index (χ4n) is 4.30. The number of ether oxygens (including phenoxy) is 1. The second-order valence-corrected chi connectivity index (χ2v) is 10.9. The Hall–Kier alpha value is -4.28. The van der Waals surface area contributed by atoms with Crippen LogP contribution in [0.2, 0.25) is 0 Å². The van der Waals surface area contributed by atoms with Gasteiger partial charge >= 0.3 is 0 Å². The third kappa shape index (κ3) is 4.96. The minimum atomic E-state index is -0.434. The Kier molecular flexibility index (Phi) is 6.83. The van der Waals surface area contributed by atoms with Crippen molar-refractivity contribution in [1.82, 2.24) is 9.66 Å². The average Bonchev–Trinajstić information content (AvgIpc) is 2.91. The van der Waals surface area contributed by atoms with Gasteiger partial charge in [-0.1, -0.05) is 85.2 Å². The Morgan fingerprint density at radius 2 is 1.79 bits per heavy atom. The maximum atomic E-state index is 13.6. The number of benzene rings is 4. The van der Waals surface area contributed by atoms with Gasteiger partial charge < -0.3 is 4.74 Å². The molecule has 0 bridgehead atoms. The predicted molar refractivity (Wildman–Crippen MR) is 155 cm³/mol. The van der Waals surface area contributed by atoms with Crippen LogP contribution in [0.15, 0.2) is 93.2 Å². The number of fused-ring (bicyclic) bond motifs is 2. The maximum Gasteiger partial charge on any atom is 0.282 e. The molecule has 0 amide bonds. The van der Waals surface area contributed by atoms with E-state index in [1.54, 1.807) is 18.3 Å². The number of rotatable bonds is 5. The van der Waals surface area contributed by atoms with Gasteiger partial charge in [-0.05, 0) is 41.1 Å². The summed E-state index contributed by atoms with van der Waals surface area (Å²) >= 11 is 3.46. The zero-order chi connectivity index (χ0) is 26.9. The van der Waals surface area contributed by atoms with Gasteiger partial charge in [0.2, 0.25) is 0 Å². The first-order valence-electron chi connectivity index (χ1n) is 12.2. The molecule has 0 aliphatic carbocycles. The van der Waals surface area contributed by atoms with Crippen molar-refractivity contribution >= 4 is 43.8 Å². The largest absolute Gasteiger partial charge is 0.488 e. The van der Waals surface area contributed by atoms with Crippen molar-refractivity contribution in [2.75, 3.05) is 0 Å². The van der Waals surface area contributed by atoms with E-state index in [1.165, 1.54) is 4.68 Å². The van der Waals surface area contributed by atoms with Crippen LogP contribution < -0.4 is 10.3 Å². The lowest BCUT2D eigenvalue weighted by Crippen LogP contribution is -2.29. The van der Waals surface area contributed by atoms with Gasteiger partial charge in [-0.3, -0.25) is 4.79 Å². The molecule has 38 heavy (non-hydrogen) atoms. The molecule has 0 fully saturated rings. The number of halogens is 1. The van der Waals surface area contributed by atoms with Crippen LogP contribution in [0, 0.1) is 11.3 Å². The van der Waals surface area contributed by atoms with Gasteiger partial charge in [0.25, 0.3) is 5.56 Å². The van der Waals surface area contributed by atoms with Gasteiger partial charge in [0, 0.05) is 21.0 Å². The third-order valence-electron chi connectivity index (χ3n) is 6.23. The van der Waals surface area contributed by atoms with Crippen LogP contribution in [0.1, 0.15) is 43.3 Å². The summed E-state index contributed by atoms with van der Waals surface area (Å²) in [5, 5.41) is 16.6. The molecule has 1 heterocycles. The predicted octanol–water partition coefficient (Wildman–Crippen LogP) is 6.94. The number of nitriles is 1. The molecular weight excluding hydrogens is 540 g/mol. The van der Waals surface area contributed by atoms with Gasteiger partial charge in [-0.2, -0.15) is 15.0 Å². The van der Waals surface area contributed by atoms with Crippen LogP contribution in [0.4, 0.5) is 0 Å². The summed E-state index contributed by atoms with van der Waals surface area (Å²) in [5.74, 6) is 1.15. The van der Waals surface area contributed by atoms with Crippen molar-refractivity contribution in [2.45, 2.75) is 32.8 Å². The van der Waals surface area contributed by atoms with E-state index in [-0.39, 0.29) is 12.2 Å². The molecule has 7 heteroatoms. The highest BCUT2D eigenvalue weighted by atomic mass is 79.9. The quantitative estimate of drug-likeness (QED) is 0.216. The third-order valence-corrected chi connectivity index (χ3v) is 6.73. The molecular formula is C31H25BrN4O2. The second-order valence-electron chi connectivity index (χ2n) is 9.96. The van der Waals surface area contributed by atoms with Gasteiger partial charge in [-0.25, -0.2) is 4.98 Å². The minimum Gasteiger partial charge on any atom is -0.488 e. The summed E-state index contributed by atoms with van der Waals surface area (Å²) in [7, 11) is 0. The summed E-state index contributed by atoms with van der Waals surface area (Å²) in [4.78, 5) is 18.4. The van der Waals surface area contributed by atoms with Crippen molar-refractivity contribution in [1.29, 1.82) is 5.26 Å². The van der Waals surface area contributed by atoms with Crippen LogP contribution in [0.3, 0.4) is 0 Å². The highest BCUT2D eigenvalue weighted by Crippen LogP contribution is 2.28. The first kappa shape index (κ1) is 25.4. The van der Waals surface area contributed by atoms with Crippen molar-refractivity contribution in [3.8, 4) is 11.8 Å². The lowest BCUT2D eigenvalue weighted by molar-refractivity contribution is 0.306. The minimum absolute atomic E-state index is 0.224. The van der Waals surface area contributed by atoms with Crippen LogP contribution in [-0.4, -0.2) is 15.9 Å². The molecule has 0 spiro atoms. The van der Waals surface area contributed by atoms with Crippen molar-refractivity contribution in [2.24, 2.45) is 5.10 Å². The van der Waals surface area contributed by atoms with Crippen molar-refractivity contribution in [3.05, 3.63) is 116 Å². The summed E-state index contributed by atoms with van der Waals surface area (Å²) in [6.07, 6.45) is 1.66. The number of aromatic nitrogens is 2. The second kappa shape index (κ2) is 10.2. The summed E-state index contributed by atoms with van der Waals surface area (Å²) in [6.45, 7) is 6.24. The molecule has 0 N–H and O–H groups in total. The van der Waals surface area contributed by atoms with E-state index < -0.39 is 5.41 Å². The molecule has 0 atom stereocenters. The molecule has 1 aromatic heterocycles. The van der Waals surface area contributed by atoms with E-state index >= 15 is 0 Å². The Labute approximate surface area is 229 Å². The monoisotopic (exact) mass is 564 g/mol. The van der Waals surface area contributed by atoms with E-state index in [4.69, 9.17) is 14.8 Å². The summed E-state index contributed by atoms with van der Waals surface area (Å²) in [5.41, 5.74) is 2.04. The van der Waals surface area contributed by atoms with Crippen LogP contribution in [-0.2, 0) is 12.0 Å². The van der Waals surface area contributed by atoms with Crippen LogP contribution in [0.25, 0.3) is 21.7 Å². The fraction of sp³-hybridized carbons (Fsp3) is 0.161. The van der Waals surface area contributed by atoms with Crippen molar-refractivity contribution in [3.63, 3.8) is 0 Å². The topological polar surface area (TPSA) is 80.3 Å². The molecule has 0 aliphatic heterocycles. The van der Waals surface area contributed by atoms with E-state index in [0.29, 0.717) is 28.0 Å². The van der Waals surface area contributed by atoms with Crippen LogP contribution in [0.5, 0.6) is 5.75 Å². The molecule has 188 valence electrons. The lowest BCUT2D eigenvalue weighted by Gasteiger charge is -2.21. The van der Waals surface area contributed by atoms with Gasteiger partial charge in [0.15, 0.2) is 0 Å². The lowest BCUT2D eigenvalue weighted by atomic mass is 9.95. The molecule has 0 aliphatic rings. The zero-order valence-corrected chi connectivity index (χ0v) is 22.9.